The van der Waals surface area contributed by atoms with Crippen LogP contribution in [0.25, 0.3) is 0 Å². The first kappa shape index (κ1) is 14.1. The SMILES string of the molecule is O=C(O)CC(NC(=O)CCCc1cccs1)C1CC1. The molecular weight excluding hydrogens is 262 g/mol. The van der Waals surface area contributed by atoms with E-state index in [0.717, 1.165) is 25.7 Å². The first-order valence-electron chi connectivity index (χ1n) is 6.68. The van der Waals surface area contributed by atoms with Crippen molar-refractivity contribution >= 4 is 23.2 Å². The van der Waals surface area contributed by atoms with Crippen LogP contribution in [0.4, 0.5) is 0 Å². The van der Waals surface area contributed by atoms with Crippen molar-refractivity contribution in [3.63, 3.8) is 0 Å². The van der Waals surface area contributed by atoms with Crippen LogP contribution in [0, 0.1) is 5.92 Å². The van der Waals surface area contributed by atoms with E-state index in [4.69, 9.17) is 5.11 Å². The second-order valence-corrected chi connectivity index (χ2v) is 6.07. The van der Waals surface area contributed by atoms with Gasteiger partial charge in [0.2, 0.25) is 5.91 Å². The average Bonchev–Trinajstić information content (AvgIpc) is 3.07. The maximum atomic E-state index is 11.8. The molecular formula is C14H19NO3S. The van der Waals surface area contributed by atoms with Crippen LogP contribution in [0.1, 0.15) is 37.0 Å². The Kier molecular flexibility index (Phi) is 4.96. The van der Waals surface area contributed by atoms with Crippen molar-refractivity contribution in [1.82, 2.24) is 5.32 Å². The molecule has 2 N–H and O–H groups in total. The first-order valence-corrected chi connectivity index (χ1v) is 7.56. The number of thiophene rings is 1. The van der Waals surface area contributed by atoms with Crippen molar-refractivity contribution in [2.45, 2.75) is 44.6 Å². The van der Waals surface area contributed by atoms with E-state index in [2.05, 4.69) is 11.4 Å². The molecule has 5 heteroatoms. The van der Waals surface area contributed by atoms with Crippen LogP contribution >= 0.6 is 11.3 Å². The molecule has 0 bridgehead atoms. The van der Waals surface area contributed by atoms with E-state index < -0.39 is 5.97 Å². The fourth-order valence-corrected chi connectivity index (χ4v) is 2.93. The van der Waals surface area contributed by atoms with Crippen LogP contribution in [0.3, 0.4) is 0 Å². The van der Waals surface area contributed by atoms with Gasteiger partial charge in [0, 0.05) is 17.3 Å². The highest BCUT2D eigenvalue weighted by atomic mass is 32.1. The number of carbonyl (C=O) groups excluding carboxylic acids is 1. The highest BCUT2D eigenvalue weighted by molar-refractivity contribution is 7.09. The standard InChI is InChI=1S/C14H19NO3S/c16-13(5-1-3-11-4-2-8-19-11)15-12(9-14(17)18)10-6-7-10/h2,4,8,10,12H,1,3,5-7,9H2,(H,15,16)(H,17,18). The van der Waals surface area contributed by atoms with Crippen LogP contribution in [0.2, 0.25) is 0 Å². The van der Waals surface area contributed by atoms with Crippen molar-refractivity contribution < 1.29 is 14.7 Å². The van der Waals surface area contributed by atoms with Gasteiger partial charge in [0.1, 0.15) is 0 Å². The lowest BCUT2D eigenvalue weighted by Gasteiger charge is -2.16. The fraction of sp³-hybridized carbons (Fsp3) is 0.571. The van der Waals surface area contributed by atoms with Crippen molar-refractivity contribution in [2.24, 2.45) is 5.92 Å². The number of nitrogens with one attached hydrogen (secondary N) is 1. The van der Waals surface area contributed by atoms with Crippen molar-refractivity contribution in [2.75, 3.05) is 0 Å². The maximum absolute atomic E-state index is 11.8. The number of rotatable bonds is 8. The molecule has 19 heavy (non-hydrogen) atoms. The minimum absolute atomic E-state index is 0.0188. The number of carboxylic acids is 1. The monoisotopic (exact) mass is 281 g/mol. The van der Waals surface area contributed by atoms with Crippen LogP contribution < -0.4 is 5.32 Å². The predicted octanol–water partition coefficient (Wildman–Crippen LogP) is 2.44. The first-order chi connectivity index (χ1) is 9.15. The second-order valence-electron chi connectivity index (χ2n) is 5.04. The lowest BCUT2D eigenvalue weighted by Crippen LogP contribution is -2.38. The molecule has 0 spiro atoms. The molecule has 1 unspecified atom stereocenters. The van der Waals surface area contributed by atoms with Crippen molar-refractivity contribution in [3.05, 3.63) is 22.4 Å². The number of aliphatic carboxylic acids is 1. The maximum Gasteiger partial charge on any atom is 0.305 e. The summed E-state index contributed by atoms with van der Waals surface area (Å²) in [6, 6.07) is 3.91. The second kappa shape index (κ2) is 6.70. The Bertz CT molecular complexity index is 426. The lowest BCUT2D eigenvalue weighted by molar-refractivity contribution is -0.137. The van der Waals surface area contributed by atoms with Gasteiger partial charge in [-0.3, -0.25) is 9.59 Å². The number of hydrogen-bond acceptors (Lipinski definition) is 3. The van der Waals surface area contributed by atoms with Gasteiger partial charge in [-0.15, -0.1) is 11.3 Å². The molecule has 1 heterocycles. The highest BCUT2D eigenvalue weighted by Gasteiger charge is 2.33. The van der Waals surface area contributed by atoms with E-state index in [1.54, 1.807) is 11.3 Å². The molecule has 2 rings (SSSR count). The molecule has 1 aromatic rings. The molecule has 1 aliphatic carbocycles. The molecule has 1 atom stereocenters. The smallest absolute Gasteiger partial charge is 0.305 e. The third-order valence-electron chi connectivity index (χ3n) is 3.34. The van der Waals surface area contributed by atoms with Gasteiger partial charge in [-0.2, -0.15) is 0 Å². The predicted molar refractivity (Wildman–Crippen MR) is 74.2 cm³/mol. The molecule has 1 aliphatic rings. The summed E-state index contributed by atoms with van der Waals surface area (Å²) >= 11 is 1.70. The fourth-order valence-electron chi connectivity index (χ4n) is 2.18. The average molecular weight is 281 g/mol. The van der Waals surface area contributed by atoms with Gasteiger partial charge in [0.25, 0.3) is 0 Å². The number of amides is 1. The third-order valence-corrected chi connectivity index (χ3v) is 4.28. The Morgan fingerprint density at radius 3 is 2.84 bits per heavy atom. The van der Waals surface area contributed by atoms with Gasteiger partial charge >= 0.3 is 5.97 Å². The summed E-state index contributed by atoms with van der Waals surface area (Å²) < 4.78 is 0. The normalized spacial score (nSPS) is 16.0. The molecule has 0 aliphatic heterocycles. The van der Waals surface area contributed by atoms with Gasteiger partial charge in [-0.25, -0.2) is 0 Å². The van der Waals surface area contributed by atoms with Gasteiger partial charge in [0.15, 0.2) is 0 Å². The van der Waals surface area contributed by atoms with Crippen LogP contribution in [-0.2, 0) is 16.0 Å². The lowest BCUT2D eigenvalue weighted by atomic mass is 10.1. The largest absolute Gasteiger partial charge is 0.481 e. The Balaban J connectivity index is 1.68. The highest BCUT2D eigenvalue weighted by Crippen LogP contribution is 2.34. The Morgan fingerprint density at radius 1 is 1.47 bits per heavy atom. The Hall–Kier alpha value is -1.36. The minimum Gasteiger partial charge on any atom is -0.481 e. The number of carbonyl (C=O) groups is 2. The number of hydrogen-bond donors (Lipinski definition) is 2. The number of aryl methyl sites for hydroxylation is 1. The van der Waals surface area contributed by atoms with E-state index in [1.165, 1.54) is 4.88 Å². The molecule has 4 nitrogen and oxygen atoms in total. The molecule has 0 saturated heterocycles. The number of carboxylic acid groups (broad SMARTS) is 1. The van der Waals surface area contributed by atoms with Gasteiger partial charge in [-0.05, 0) is 43.0 Å². The molecule has 0 aromatic carbocycles. The third kappa shape index (κ3) is 5.03. The van der Waals surface area contributed by atoms with Gasteiger partial charge < -0.3 is 10.4 Å². The summed E-state index contributed by atoms with van der Waals surface area (Å²) in [5, 5.41) is 13.7. The zero-order chi connectivity index (χ0) is 13.7. The molecule has 1 saturated carbocycles. The summed E-state index contributed by atoms with van der Waals surface area (Å²) in [4.78, 5) is 23.8. The summed E-state index contributed by atoms with van der Waals surface area (Å²) in [5.74, 6) is -0.483. The van der Waals surface area contributed by atoms with E-state index in [0.29, 0.717) is 12.3 Å². The molecule has 1 amide bonds. The van der Waals surface area contributed by atoms with Gasteiger partial charge in [0.05, 0.1) is 6.42 Å². The van der Waals surface area contributed by atoms with E-state index >= 15 is 0 Å². The van der Waals surface area contributed by atoms with Crippen molar-refractivity contribution in [1.29, 1.82) is 0 Å². The van der Waals surface area contributed by atoms with E-state index in [-0.39, 0.29) is 18.4 Å². The topological polar surface area (TPSA) is 66.4 Å². The Morgan fingerprint density at radius 2 is 2.26 bits per heavy atom. The summed E-state index contributed by atoms with van der Waals surface area (Å²) in [5.41, 5.74) is 0. The zero-order valence-corrected chi connectivity index (χ0v) is 11.6. The summed E-state index contributed by atoms with van der Waals surface area (Å²) in [6.45, 7) is 0. The summed E-state index contributed by atoms with van der Waals surface area (Å²) in [7, 11) is 0. The van der Waals surface area contributed by atoms with E-state index in [9.17, 15) is 9.59 Å². The van der Waals surface area contributed by atoms with Crippen LogP contribution in [-0.4, -0.2) is 23.0 Å². The van der Waals surface area contributed by atoms with Crippen LogP contribution in [0.5, 0.6) is 0 Å². The van der Waals surface area contributed by atoms with E-state index in [1.807, 2.05) is 11.4 Å². The van der Waals surface area contributed by atoms with Gasteiger partial charge in [-0.1, -0.05) is 6.07 Å². The minimum atomic E-state index is -0.837. The molecule has 1 fully saturated rings. The molecule has 0 radical (unpaired) electrons. The molecule has 104 valence electrons. The summed E-state index contributed by atoms with van der Waals surface area (Å²) in [6.07, 6.45) is 4.32. The Labute approximate surface area is 116 Å². The van der Waals surface area contributed by atoms with Crippen molar-refractivity contribution in [3.8, 4) is 0 Å². The van der Waals surface area contributed by atoms with Crippen LogP contribution in [0.15, 0.2) is 17.5 Å². The molecule has 1 aromatic heterocycles. The quantitative estimate of drug-likeness (QED) is 0.769. The zero-order valence-electron chi connectivity index (χ0n) is 10.8.